The second-order valence-corrected chi connectivity index (χ2v) is 6.52. The number of rotatable bonds is 4. The third-order valence-electron chi connectivity index (χ3n) is 4.32. The van der Waals surface area contributed by atoms with Gasteiger partial charge in [-0.25, -0.2) is 0 Å². The van der Waals surface area contributed by atoms with E-state index in [9.17, 15) is 5.11 Å². The van der Waals surface area contributed by atoms with Crippen LogP contribution in [0.4, 0.5) is 5.69 Å². The quantitative estimate of drug-likeness (QED) is 0.909. The standard InChI is InChI=1S/C16H25BrN2O/c1-4-12(2)18-7-9-19(10-8-18)16-6-5-14(13(3)20)11-15(16)17/h5-6,11-13,20H,4,7-10H2,1-3H3/t12?,13-/m1/s1. The fourth-order valence-corrected chi connectivity index (χ4v) is 3.35. The Balaban J connectivity index is 2.04. The zero-order chi connectivity index (χ0) is 14.7. The number of aliphatic hydroxyl groups is 1. The van der Waals surface area contributed by atoms with E-state index in [1.54, 1.807) is 6.92 Å². The van der Waals surface area contributed by atoms with Gasteiger partial charge >= 0.3 is 0 Å². The van der Waals surface area contributed by atoms with Gasteiger partial charge in [0.2, 0.25) is 0 Å². The van der Waals surface area contributed by atoms with Crippen LogP contribution >= 0.6 is 15.9 Å². The topological polar surface area (TPSA) is 26.7 Å². The van der Waals surface area contributed by atoms with Gasteiger partial charge in [-0.1, -0.05) is 13.0 Å². The van der Waals surface area contributed by atoms with Crippen molar-refractivity contribution in [2.45, 2.75) is 39.3 Å². The highest BCUT2D eigenvalue weighted by molar-refractivity contribution is 9.10. The molecule has 112 valence electrons. The summed E-state index contributed by atoms with van der Waals surface area (Å²) in [5, 5.41) is 9.63. The Bertz CT molecular complexity index is 442. The lowest BCUT2D eigenvalue weighted by Gasteiger charge is -2.39. The van der Waals surface area contributed by atoms with Crippen LogP contribution in [0, 0.1) is 0 Å². The monoisotopic (exact) mass is 340 g/mol. The Morgan fingerprint density at radius 3 is 2.35 bits per heavy atom. The minimum Gasteiger partial charge on any atom is -0.389 e. The number of hydrogen-bond donors (Lipinski definition) is 1. The van der Waals surface area contributed by atoms with Crippen LogP contribution in [0.5, 0.6) is 0 Å². The van der Waals surface area contributed by atoms with Gasteiger partial charge < -0.3 is 10.0 Å². The molecule has 1 saturated heterocycles. The molecule has 1 aliphatic heterocycles. The maximum absolute atomic E-state index is 9.63. The molecule has 4 heteroatoms. The fourth-order valence-electron chi connectivity index (χ4n) is 2.70. The highest BCUT2D eigenvalue weighted by atomic mass is 79.9. The van der Waals surface area contributed by atoms with E-state index in [-0.39, 0.29) is 0 Å². The molecule has 0 bridgehead atoms. The van der Waals surface area contributed by atoms with Crippen molar-refractivity contribution in [1.29, 1.82) is 0 Å². The van der Waals surface area contributed by atoms with Gasteiger partial charge in [0.05, 0.1) is 11.8 Å². The third-order valence-corrected chi connectivity index (χ3v) is 4.96. The predicted molar refractivity (Wildman–Crippen MR) is 88.3 cm³/mol. The number of benzene rings is 1. The Hall–Kier alpha value is -0.580. The molecule has 20 heavy (non-hydrogen) atoms. The van der Waals surface area contributed by atoms with E-state index in [2.05, 4.69) is 45.6 Å². The van der Waals surface area contributed by atoms with Crippen molar-refractivity contribution in [3.63, 3.8) is 0 Å². The molecule has 2 atom stereocenters. The first-order valence-corrected chi connectivity index (χ1v) is 8.28. The van der Waals surface area contributed by atoms with Crippen LogP contribution in [-0.2, 0) is 0 Å². The molecule has 0 aliphatic carbocycles. The van der Waals surface area contributed by atoms with Gasteiger partial charge in [-0.05, 0) is 53.9 Å². The zero-order valence-corrected chi connectivity index (χ0v) is 14.2. The van der Waals surface area contributed by atoms with Crippen molar-refractivity contribution in [3.8, 4) is 0 Å². The van der Waals surface area contributed by atoms with Crippen LogP contribution in [0.3, 0.4) is 0 Å². The van der Waals surface area contributed by atoms with Crippen molar-refractivity contribution in [2.75, 3.05) is 31.1 Å². The van der Waals surface area contributed by atoms with Crippen LogP contribution in [0.15, 0.2) is 22.7 Å². The van der Waals surface area contributed by atoms with Crippen LogP contribution in [0.2, 0.25) is 0 Å². The molecule has 0 amide bonds. The number of aliphatic hydroxyl groups excluding tert-OH is 1. The van der Waals surface area contributed by atoms with Crippen molar-refractivity contribution in [2.24, 2.45) is 0 Å². The molecule has 1 N–H and O–H groups in total. The lowest BCUT2D eigenvalue weighted by molar-refractivity contribution is 0.192. The average Bonchev–Trinajstić information content (AvgIpc) is 2.46. The fraction of sp³-hybridized carbons (Fsp3) is 0.625. The molecule has 2 rings (SSSR count). The zero-order valence-electron chi connectivity index (χ0n) is 12.6. The molecule has 1 unspecified atom stereocenters. The van der Waals surface area contributed by atoms with Gasteiger partial charge in [-0.15, -0.1) is 0 Å². The van der Waals surface area contributed by atoms with Gasteiger partial charge in [-0.3, -0.25) is 4.90 Å². The van der Waals surface area contributed by atoms with E-state index in [4.69, 9.17) is 0 Å². The lowest BCUT2D eigenvalue weighted by Crippen LogP contribution is -2.49. The molecule has 1 aromatic rings. The van der Waals surface area contributed by atoms with Crippen LogP contribution < -0.4 is 4.90 Å². The summed E-state index contributed by atoms with van der Waals surface area (Å²) in [6.45, 7) is 10.7. The summed E-state index contributed by atoms with van der Waals surface area (Å²) in [6, 6.07) is 6.84. The number of piperazine rings is 1. The average molecular weight is 341 g/mol. The van der Waals surface area contributed by atoms with Gasteiger partial charge in [0.25, 0.3) is 0 Å². The van der Waals surface area contributed by atoms with E-state index < -0.39 is 6.10 Å². The summed E-state index contributed by atoms with van der Waals surface area (Å²) in [4.78, 5) is 4.99. The highest BCUT2D eigenvalue weighted by Gasteiger charge is 2.21. The molecular weight excluding hydrogens is 316 g/mol. The predicted octanol–water partition coefficient (Wildman–Crippen LogP) is 3.42. The summed E-state index contributed by atoms with van der Waals surface area (Å²) in [5.41, 5.74) is 2.19. The molecule has 0 radical (unpaired) electrons. The van der Waals surface area contributed by atoms with E-state index in [0.29, 0.717) is 6.04 Å². The van der Waals surface area contributed by atoms with Crippen molar-refractivity contribution >= 4 is 21.6 Å². The summed E-state index contributed by atoms with van der Waals surface area (Å²) < 4.78 is 1.08. The molecule has 0 aromatic heterocycles. The maximum atomic E-state index is 9.63. The van der Waals surface area contributed by atoms with E-state index >= 15 is 0 Å². The lowest BCUT2D eigenvalue weighted by atomic mass is 10.1. The first-order chi connectivity index (χ1) is 9.52. The largest absolute Gasteiger partial charge is 0.389 e. The normalized spacial score (nSPS) is 19.9. The Kier molecular flexibility index (Phi) is 5.47. The van der Waals surface area contributed by atoms with Gasteiger partial charge in [0.1, 0.15) is 0 Å². The molecule has 3 nitrogen and oxygen atoms in total. The second-order valence-electron chi connectivity index (χ2n) is 5.67. The second kappa shape index (κ2) is 6.92. The Morgan fingerprint density at radius 1 is 1.20 bits per heavy atom. The molecule has 1 aliphatic rings. The summed E-state index contributed by atoms with van der Waals surface area (Å²) in [7, 11) is 0. The number of hydrogen-bond acceptors (Lipinski definition) is 3. The third kappa shape index (κ3) is 3.54. The smallest absolute Gasteiger partial charge is 0.0762 e. The molecule has 0 spiro atoms. The Labute approximate surface area is 130 Å². The first-order valence-electron chi connectivity index (χ1n) is 7.49. The molecule has 1 aromatic carbocycles. The van der Waals surface area contributed by atoms with Crippen molar-refractivity contribution < 1.29 is 5.11 Å². The minimum atomic E-state index is -0.414. The highest BCUT2D eigenvalue weighted by Crippen LogP contribution is 2.30. The van der Waals surface area contributed by atoms with Crippen LogP contribution in [0.25, 0.3) is 0 Å². The molecule has 1 fully saturated rings. The van der Waals surface area contributed by atoms with Gasteiger partial charge in [-0.2, -0.15) is 0 Å². The number of anilines is 1. The maximum Gasteiger partial charge on any atom is 0.0762 e. The first kappa shape index (κ1) is 15.8. The number of halogens is 1. The SMILES string of the molecule is CCC(C)N1CCN(c2ccc([C@@H](C)O)cc2Br)CC1. The molecule has 0 saturated carbocycles. The van der Waals surface area contributed by atoms with Crippen LogP contribution in [-0.4, -0.2) is 42.2 Å². The van der Waals surface area contributed by atoms with E-state index in [1.807, 2.05) is 12.1 Å². The molecule has 1 heterocycles. The summed E-state index contributed by atoms with van der Waals surface area (Å²) in [5.74, 6) is 0. The number of nitrogens with zero attached hydrogens (tertiary/aromatic N) is 2. The van der Waals surface area contributed by atoms with Gasteiger partial charge in [0, 0.05) is 36.7 Å². The van der Waals surface area contributed by atoms with E-state index in [0.717, 1.165) is 36.2 Å². The minimum absolute atomic E-state index is 0.414. The summed E-state index contributed by atoms with van der Waals surface area (Å²) in [6.07, 6.45) is 0.801. The van der Waals surface area contributed by atoms with Crippen LogP contribution in [0.1, 0.15) is 38.9 Å². The van der Waals surface area contributed by atoms with Crippen molar-refractivity contribution in [3.05, 3.63) is 28.2 Å². The Morgan fingerprint density at radius 2 is 1.85 bits per heavy atom. The van der Waals surface area contributed by atoms with Crippen molar-refractivity contribution in [1.82, 2.24) is 4.90 Å². The molecular formula is C16H25BrN2O. The summed E-state index contributed by atoms with van der Waals surface area (Å²) >= 11 is 3.64. The van der Waals surface area contributed by atoms with Gasteiger partial charge in [0.15, 0.2) is 0 Å². The van der Waals surface area contributed by atoms with E-state index in [1.165, 1.54) is 12.1 Å².